The molecule has 0 saturated carbocycles. The second-order valence-corrected chi connectivity index (χ2v) is 6.23. The van der Waals surface area contributed by atoms with Crippen molar-refractivity contribution in [1.82, 2.24) is 4.90 Å². The molecular formula is C18H20BrNO3. The Labute approximate surface area is 144 Å². The molecule has 0 aliphatic carbocycles. The summed E-state index contributed by atoms with van der Waals surface area (Å²) in [5.41, 5.74) is 1.95. The van der Waals surface area contributed by atoms with Gasteiger partial charge in [-0.1, -0.05) is 37.3 Å². The number of aromatic hydroxyl groups is 2. The molecule has 0 fully saturated rings. The Kier molecular flexibility index (Phi) is 5.66. The second-order valence-electron chi connectivity index (χ2n) is 5.44. The maximum Gasteiger partial charge on any atom is 0.226 e. The molecule has 0 bridgehead atoms. The van der Waals surface area contributed by atoms with Crippen molar-refractivity contribution in [2.24, 2.45) is 0 Å². The van der Waals surface area contributed by atoms with Gasteiger partial charge in [0.2, 0.25) is 5.91 Å². The van der Waals surface area contributed by atoms with Gasteiger partial charge in [-0.15, -0.1) is 0 Å². The molecule has 0 atom stereocenters. The van der Waals surface area contributed by atoms with Crippen LogP contribution in [0.4, 0.5) is 0 Å². The van der Waals surface area contributed by atoms with E-state index in [9.17, 15) is 15.0 Å². The molecule has 2 aromatic rings. The van der Waals surface area contributed by atoms with Crippen molar-refractivity contribution in [3.05, 3.63) is 46.4 Å². The van der Waals surface area contributed by atoms with Crippen LogP contribution in [0.5, 0.6) is 11.5 Å². The molecule has 4 nitrogen and oxygen atoms in total. The summed E-state index contributed by atoms with van der Waals surface area (Å²) < 4.78 is 0.437. The molecule has 0 spiro atoms. The number of hydrogen-bond donors (Lipinski definition) is 2. The maximum atomic E-state index is 12.4. The predicted octanol–water partition coefficient (Wildman–Crippen LogP) is 3.94. The van der Waals surface area contributed by atoms with Crippen LogP contribution < -0.4 is 0 Å². The average molecular weight is 378 g/mol. The van der Waals surface area contributed by atoms with Crippen LogP contribution >= 0.6 is 15.9 Å². The first-order valence-electron chi connectivity index (χ1n) is 7.48. The van der Waals surface area contributed by atoms with Gasteiger partial charge in [0, 0.05) is 25.2 Å². The quantitative estimate of drug-likeness (QED) is 0.829. The fraction of sp³-hybridized carbons (Fsp3) is 0.278. The lowest BCUT2D eigenvalue weighted by Crippen LogP contribution is -2.29. The van der Waals surface area contributed by atoms with Gasteiger partial charge < -0.3 is 15.1 Å². The van der Waals surface area contributed by atoms with Crippen molar-refractivity contribution in [3.8, 4) is 22.6 Å². The third kappa shape index (κ3) is 3.85. The number of carbonyl (C=O) groups excluding carboxylic acids is 1. The summed E-state index contributed by atoms with van der Waals surface area (Å²) in [7, 11) is 1.75. The van der Waals surface area contributed by atoms with E-state index in [-0.39, 0.29) is 23.8 Å². The van der Waals surface area contributed by atoms with Crippen molar-refractivity contribution in [2.45, 2.75) is 19.8 Å². The van der Waals surface area contributed by atoms with E-state index < -0.39 is 0 Å². The highest BCUT2D eigenvalue weighted by molar-refractivity contribution is 9.10. The number of amides is 1. The topological polar surface area (TPSA) is 60.8 Å². The summed E-state index contributed by atoms with van der Waals surface area (Å²) in [5, 5.41) is 20.3. The van der Waals surface area contributed by atoms with E-state index >= 15 is 0 Å². The van der Waals surface area contributed by atoms with Crippen molar-refractivity contribution in [1.29, 1.82) is 0 Å². The van der Waals surface area contributed by atoms with Gasteiger partial charge in [-0.3, -0.25) is 4.79 Å². The number of phenols is 2. The molecular weight excluding hydrogens is 358 g/mol. The van der Waals surface area contributed by atoms with Gasteiger partial charge >= 0.3 is 0 Å². The van der Waals surface area contributed by atoms with Gasteiger partial charge in [0.25, 0.3) is 0 Å². The van der Waals surface area contributed by atoms with Gasteiger partial charge in [-0.05, 0) is 33.5 Å². The largest absolute Gasteiger partial charge is 0.507 e. The predicted molar refractivity (Wildman–Crippen MR) is 94.5 cm³/mol. The highest BCUT2D eigenvalue weighted by Crippen LogP contribution is 2.42. The van der Waals surface area contributed by atoms with E-state index in [0.717, 1.165) is 12.0 Å². The Morgan fingerprint density at radius 3 is 2.43 bits per heavy atom. The fourth-order valence-corrected chi connectivity index (χ4v) is 2.98. The number of carbonyl (C=O) groups is 1. The highest BCUT2D eigenvalue weighted by atomic mass is 79.9. The van der Waals surface area contributed by atoms with E-state index in [1.807, 2.05) is 37.3 Å². The first kappa shape index (κ1) is 17.3. The smallest absolute Gasteiger partial charge is 0.226 e. The third-order valence-electron chi connectivity index (χ3n) is 3.70. The molecule has 1 amide bonds. The Bertz CT molecular complexity index is 701. The number of rotatable bonds is 5. The molecule has 0 aromatic heterocycles. The van der Waals surface area contributed by atoms with Crippen LogP contribution in [0.1, 0.15) is 18.9 Å². The standard InChI is InChI=1S/C18H20BrNO3/c1-3-9-20(2)16(23)10-13-17(12-7-5-4-6-8-12)14(21)11-15(22)18(13)19/h4-8,11,21-22H,3,9-10H2,1-2H3. The van der Waals surface area contributed by atoms with Crippen LogP contribution in [0.25, 0.3) is 11.1 Å². The molecule has 0 saturated heterocycles. The molecule has 0 heterocycles. The minimum Gasteiger partial charge on any atom is -0.507 e. The number of benzene rings is 2. The average Bonchev–Trinajstić information content (AvgIpc) is 2.53. The van der Waals surface area contributed by atoms with E-state index in [1.165, 1.54) is 6.07 Å². The molecule has 2 rings (SSSR count). The van der Waals surface area contributed by atoms with Crippen molar-refractivity contribution in [2.75, 3.05) is 13.6 Å². The Morgan fingerprint density at radius 1 is 1.17 bits per heavy atom. The molecule has 0 unspecified atom stereocenters. The summed E-state index contributed by atoms with van der Waals surface area (Å²) in [6.45, 7) is 2.68. The number of halogens is 1. The van der Waals surface area contributed by atoms with Gasteiger partial charge in [0.15, 0.2) is 0 Å². The molecule has 2 N–H and O–H groups in total. The van der Waals surface area contributed by atoms with E-state index in [0.29, 0.717) is 22.1 Å². The van der Waals surface area contributed by atoms with Gasteiger partial charge in [-0.2, -0.15) is 0 Å². The SMILES string of the molecule is CCCN(C)C(=O)Cc1c(Br)c(O)cc(O)c1-c1ccccc1. The minimum absolute atomic E-state index is 0.0437. The summed E-state index contributed by atoms with van der Waals surface area (Å²) >= 11 is 3.35. The molecule has 122 valence electrons. The number of likely N-dealkylation sites (N-methyl/N-ethyl adjacent to an activating group) is 1. The summed E-state index contributed by atoms with van der Waals surface area (Å²) in [4.78, 5) is 14.1. The van der Waals surface area contributed by atoms with Crippen LogP contribution in [-0.2, 0) is 11.2 Å². The van der Waals surface area contributed by atoms with E-state index in [1.54, 1.807) is 11.9 Å². The molecule has 23 heavy (non-hydrogen) atoms. The second kappa shape index (κ2) is 7.51. The zero-order valence-corrected chi connectivity index (χ0v) is 14.8. The minimum atomic E-state index is -0.0804. The van der Waals surface area contributed by atoms with Crippen molar-refractivity contribution < 1.29 is 15.0 Å². The molecule has 2 aromatic carbocycles. The first-order valence-corrected chi connectivity index (χ1v) is 8.27. The number of phenolic OH excluding ortho intramolecular Hbond substituents is 2. The van der Waals surface area contributed by atoms with Crippen LogP contribution in [0.15, 0.2) is 40.9 Å². The lowest BCUT2D eigenvalue weighted by molar-refractivity contribution is -0.129. The van der Waals surface area contributed by atoms with Crippen molar-refractivity contribution in [3.63, 3.8) is 0 Å². The molecule has 0 aliphatic heterocycles. The maximum absolute atomic E-state index is 12.4. The zero-order valence-electron chi connectivity index (χ0n) is 13.2. The number of hydrogen-bond acceptors (Lipinski definition) is 3. The van der Waals surface area contributed by atoms with E-state index in [2.05, 4.69) is 15.9 Å². The Balaban J connectivity index is 2.51. The molecule has 0 radical (unpaired) electrons. The lowest BCUT2D eigenvalue weighted by Gasteiger charge is -2.19. The van der Waals surface area contributed by atoms with Gasteiger partial charge in [0.05, 0.1) is 10.9 Å². The van der Waals surface area contributed by atoms with Gasteiger partial charge in [-0.25, -0.2) is 0 Å². The highest BCUT2D eigenvalue weighted by Gasteiger charge is 2.21. The summed E-state index contributed by atoms with van der Waals surface area (Å²) in [5.74, 6) is -0.185. The summed E-state index contributed by atoms with van der Waals surface area (Å²) in [6.07, 6.45) is 0.976. The van der Waals surface area contributed by atoms with Crippen molar-refractivity contribution >= 4 is 21.8 Å². The summed E-state index contributed by atoms with van der Waals surface area (Å²) in [6, 6.07) is 10.6. The van der Waals surface area contributed by atoms with Crippen LogP contribution in [-0.4, -0.2) is 34.6 Å². The van der Waals surface area contributed by atoms with Gasteiger partial charge in [0.1, 0.15) is 11.5 Å². The number of nitrogens with zero attached hydrogens (tertiary/aromatic N) is 1. The van der Waals surface area contributed by atoms with Crippen LogP contribution in [0.2, 0.25) is 0 Å². The van der Waals surface area contributed by atoms with E-state index in [4.69, 9.17) is 0 Å². The first-order chi connectivity index (χ1) is 11.0. The monoisotopic (exact) mass is 377 g/mol. The Morgan fingerprint density at radius 2 is 1.83 bits per heavy atom. The van der Waals surface area contributed by atoms with Crippen LogP contribution in [0.3, 0.4) is 0 Å². The molecule has 5 heteroatoms. The fourth-order valence-electron chi connectivity index (χ4n) is 2.52. The lowest BCUT2D eigenvalue weighted by atomic mass is 9.95. The zero-order chi connectivity index (χ0) is 17.0. The Hall–Kier alpha value is -2.01. The third-order valence-corrected chi connectivity index (χ3v) is 4.58. The normalized spacial score (nSPS) is 10.6. The van der Waals surface area contributed by atoms with Crippen LogP contribution in [0, 0.1) is 0 Å². The molecule has 0 aliphatic rings.